The molecule has 0 unspecified atom stereocenters. The minimum Gasteiger partial charge on any atom is -0.665 e. The van der Waals surface area contributed by atoms with Crippen LogP contribution in [0.15, 0.2) is 0 Å². The molecule has 0 heterocycles. The Hall–Kier alpha value is -0.0800. The van der Waals surface area contributed by atoms with Crippen molar-refractivity contribution in [3.05, 3.63) is 5.32 Å². The molecule has 0 aromatic carbocycles. The van der Waals surface area contributed by atoms with Gasteiger partial charge in [0, 0.05) is 6.61 Å². The first kappa shape index (κ1) is 6.92. The van der Waals surface area contributed by atoms with E-state index in [1.54, 1.807) is 7.05 Å². The van der Waals surface area contributed by atoms with Crippen LogP contribution in [-0.4, -0.2) is 25.3 Å². The first-order chi connectivity index (χ1) is 3.41. The average Bonchev–Trinajstić information content (AvgIpc) is 1.69. The Morgan fingerprint density at radius 2 is 2.14 bits per heavy atom. The van der Waals surface area contributed by atoms with Gasteiger partial charge in [0.15, 0.2) is 0 Å². The highest BCUT2D eigenvalue weighted by Gasteiger charge is 1.74. The molecule has 0 aliphatic rings. The van der Waals surface area contributed by atoms with E-state index in [0.29, 0.717) is 6.61 Å². The topological polar surface area (TPSA) is 34.3 Å². The van der Waals surface area contributed by atoms with E-state index in [9.17, 15) is 0 Å². The maximum atomic E-state index is 8.25. The van der Waals surface area contributed by atoms with Crippen LogP contribution >= 0.6 is 0 Å². The molecule has 7 heavy (non-hydrogen) atoms. The van der Waals surface area contributed by atoms with Crippen LogP contribution in [0, 0.1) is 0 Å². The molecule has 0 aromatic heterocycles. The molecule has 0 saturated carbocycles. The van der Waals surface area contributed by atoms with Crippen molar-refractivity contribution in [2.75, 3.05) is 20.2 Å². The van der Waals surface area contributed by atoms with Gasteiger partial charge in [-0.1, -0.05) is 6.42 Å². The van der Waals surface area contributed by atoms with E-state index in [1.807, 2.05) is 0 Å². The molecule has 0 bridgehead atoms. The predicted octanol–water partition coefficient (Wildman–Crippen LogP) is 0.762. The summed E-state index contributed by atoms with van der Waals surface area (Å²) in [4.78, 5) is 0. The van der Waals surface area contributed by atoms with Crippen molar-refractivity contribution >= 4 is 0 Å². The Morgan fingerprint density at radius 1 is 1.43 bits per heavy atom. The zero-order valence-electron chi connectivity index (χ0n) is 4.72. The fourth-order valence-corrected chi connectivity index (χ4v) is 0.382. The molecule has 0 spiro atoms. The summed E-state index contributed by atoms with van der Waals surface area (Å²) in [6.45, 7) is 1.19. The van der Waals surface area contributed by atoms with E-state index in [2.05, 4.69) is 5.32 Å². The highest BCUT2D eigenvalue weighted by Crippen LogP contribution is 1.88. The summed E-state index contributed by atoms with van der Waals surface area (Å²) in [5.41, 5.74) is 0. The lowest BCUT2D eigenvalue weighted by Crippen LogP contribution is -1.85. The van der Waals surface area contributed by atoms with Crippen molar-refractivity contribution in [2.45, 2.75) is 12.8 Å². The molecule has 2 heteroatoms. The number of rotatable bonds is 4. The zero-order chi connectivity index (χ0) is 5.54. The van der Waals surface area contributed by atoms with Crippen molar-refractivity contribution in [3.8, 4) is 0 Å². The summed E-state index contributed by atoms with van der Waals surface area (Å²) in [5.74, 6) is 0. The Morgan fingerprint density at radius 3 is 2.57 bits per heavy atom. The van der Waals surface area contributed by atoms with Crippen LogP contribution in [0.4, 0.5) is 0 Å². The predicted molar refractivity (Wildman–Crippen MR) is 30.5 cm³/mol. The van der Waals surface area contributed by atoms with Crippen LogP contribution in [0.2, 0.25) is 0 Å². The quantitative estimate of drug-likeness (QED) is 0.522. The minimum absolute atomic E-state index is 0.301. The highest BCUT2D eigenvalue weighted by molar-refractivity contribution is 4.67. The third-order valence-corrected chi connectivity index (χ3v) is 0.790. The Balaban J connectivity index is 2.45. The summed E-state index contributed by atoms with van der Waals surface area (Å²) in [5, 5.41) is 12.1. The van der Waals surface area contributed by atoms with Crippen LogP contribution in [0.1, 0.15) is 12.8 Å². The van der Waals surface area contributed by atoms with Gasteiger partial charge in [0.1, 0.15) is 0 Å². The molecule has 0 aromatic rings. The maximum absolute atomic E-state index is 8.25. The van der Waals surface area contributed by atoms with Crippen molar-refractivity contribution < 1.29 is 5.11 Å². The van der Waals surface area contributed by atoms with Gasteiger partial charge in [0.2, 0.25) is 0 Å². The van der Waals surface area contributed by atoms with Crippen molar-refractivity contribution in [3.63, 3.8) is 0 Å². The monoisotopic (exact) mass is 102 g/mol. The molecule has 1 N–H and O–H groups in total. The second-order valence-corrected chi connectivity index (χ2v) is 1.47. The number of aliphatic hydroxyl groups excluding tert-OH is 1. The van der Waals surface area contributed by atoms with Crippen molar-refractivity contribution in [1.29, 1.82) is 0 Å². The van der Waals surface area contributed by atoms with Gasteiger partial charge in [0.05, 0.1) is 0 Å². The lowest BCUT2D eigenvalue weighted by atomic mass is 10.3. The van der Waals surface area contributed by atoms with Crippen LogP contribution in [0.3, 0.4) is 0 Å². The van der Waals surface area contributed by atoms with Gasteiger partial charge in [-0.15, -0.1) is 6.54 Å². The molecule has 2 nitrogen and oxygen atoms in total. The van der Waals surface area contributed by atoms with E-state index >= 15 is 0 Å². The maximum Gasteiger partial charge on any atom is 0.0430 e. The number of unbranched alkanes of at least 4 members (excludes halogenated alkanes) is 1. The number of aliphatic hydroxyl groups is 1. The Labute approximate surface area is 44.5 Å². The van der Waals surface area contributed by atoms with E-state index in [4.69, 9.17) is 5.11 Å². The summed E-state index contributed by atoms with van der Waals surface area (Å²) in [6, 6.07) is 0. The first-order valence-corrected chi connectivity index (χ1v) is 2.58. The molecule has 44 valence electrons. The van der Waals surface area contributed by atoms with Gasteiger partial charge < -0.3 is 10.4 Å². The van der Waals surface area contributed by atoms with Gasteiger partial charge in [-0.2, -0.15) is 7.05 Å². The third kappa shape index (κ3) is 5.92. The molecule has 0 fully saturated rings. The van der Waals surface area contributed by atoms with E-state index in [1.165, 1.54) is 0 Å². The number of hydrogen-bond acceptors (Lipinski definition) is 1. The lowest BCUT2D eigenvalue weighted by Gasteiger charge is -2.07. The van der Waals surface area contributed by atoms with Crippen LogP contribution in [0.5, 0.6) is 0 Å². The van der Waals surface area contributed by atoms with E-state index < -0.39 is 0 Å². The molecular weight excluding hydrogens is 90.1 g/mol. The first-order valence-electron chi connectivity index (χ1n) is 2.58. The number of hydrogen-bond donors (Lipinski definition) is 1. The fraction of sp³-hybridized carbons (Fsp3) is 1.00. The molecule has 0 aliphatic heterocycles. The molecule has 0 atom stereocenters. The molecular formula is C5H12NO-. The summed E-state index contributed by atoms with van der Waals surface area (Å²) >= 11 is 0. The van der Waals surface area contributed by atoms with E-state index in [0.717, 1.165) is 19.4 Å². The van der Waals surface area contributed by atoms with Crippen LogP contribution in [-0.2, 0) is 0 Å². The Kier molecular flexibility index (Phi) is 5.85. The molecule has 0 saturated heterocycles. The second-order valence-electron chi connectivity index (χ2n) is 1.47. The lowest BCUT2D eigenvalue weighted by molar-refractivity contribution is 0.286. The van der Waals surface area contributed by atoms with Gasteiger partial charge in [0.25, 0.3) is 0 Å². The van der Waals surface area contributed by atoms with Gasteiger partial charge >= 0.3 is 0 Å². The van der Waals surface area contributed by atoms with Crippen molar-refractivity contribution in [1.82, 2.24) is 0 Å². The summed E-state index contributed by atoms with van der Waals surface area (Å²) in [6.07, 6.45) is 1.91. The second kappa shape index (κ2) is 5.92. The fourth-order valence-electron chi connectivity index (χ4n) is 0.382. The van der Waals surface area contributed by atoms with Crippen LogP contribution < -0.4 is 0 Å². The third-order valence-electron chi connectivity index (χ3n) is 0.790. The van der Waals surface area contributed by atoms with Crippen molar-refractivity contribution in [2.24, 2.45) is 0 Å². The summed E-state index contributed by atoms with van der Waals surface area (Å²) < 4.78 is 0. The Bertz CT molecular complexity index is 27.3. The average molecular weight is 102 g/mol. The molecule has 0 radical (unpaired) electrons. The highest BCUT2D eigenvalue weighted by atomic mass is 16.2. The zero-order valence-corrected chi connectivity index (χ0v) is 4.72. The standard InChI is InChI=1S/C5H12NO/c1-6-4-2-3-5-7/h7H,2-5H2,1H3/q-1. The smallest absolute Gasteiger partial charge is 0.0430 e. The van der Waals surface area contributed by atoms with E-state index in [-0.39, 0.29) is 0 Å². The van der Waals surface area contributed by atoms with Gasteiger partial charge in [-0.3, -0.25) is 0 Å². The molecule has 0 rings (SSSR count). The van der Waals surface area contributed by atoms with Gasteiger partial charge in [-0.25, -0.2) is 0 Å². The summed E-state index contributed by atoms with van der Waals surface area (Å²) in [7, 11) is 1.79. The number of nitrogens with zero attached hydrogens (tertiary/aromatic N) is 1. The van der Waals surface area contributed by atoms with Gasteiger partial charge in [-0.05, 0) is 6.42 Å². The van der Waals surface area contributed by atoms with Crippen LogP contribution in [0.25, 0.3) is 5.32 Å². The SMILES string of the molecule is C[N-]CCCCO. The molecule has 0 amide bonds. The molecule has 0 aliphatic carbocycles. The minimum atomic E-state index is 0.301. The largest absolute Gasteiger partial charge is 0.665 e. The normalized spacial score (nSPS) is 9.43.